The van der Waals surface area contributed by atoms with Crippen LogP contribution in [0.25, 0.3) is 10.8 Å². The number of carbonyl (C=O) groups is 1. The van der Waals surface area contributed by atoms with Crippen LogP contribution in [0.4, 0.5) is 0 Å². The summed E-state index contributed by atoms with van der Waals surface area (Å²) in [4.78, 5) is 18.5. The smallest absolute Gasteiger partial charge is 0.320 e. The summed E-state index contributed by atoms with van der Waals surface area (Å²) in [5.74, 6) is 0.613. The fourth-order valence-electron chi connectivity index (χ4n) is 4.10. The van der Waals surface area contributed by atoms with E-state index in [9.17, 15) is 9.90 Å². The van der Waals surface area contributed by atoms with Gasteiger partial charge in [-0.1, -0.05) is 12.8 Å². The number of aliphatic carboxylic acids is 1. The summed E-state index contributed by atoms with van der Waals surface area (Å²) in [6.07, 6.45) is 7.15. The molecule has 122 valence electrons. The van der Waals surface area contributed by atoms with Gasteiger partial charge in [-0.3, -0.25) is 9.69 Å². The first-order chi connectivity index (χ1) is 11.2. The van der Waals surface area contributed by atoms with Crippen molar-refractivity contribution in [2.24, 2.45) is 5.92 Å². The maximum absolute atomic E-state index is 11.7. The molecule has 1 N–H and O–H groups in total. The van der Waals surface area contributed by atoms with Gasteiger partial charge in [-0.15, -0.1) is 11.3 Å². The van der Waals surface area contributed by atoms with Gasteiger partial charge in [0.2, 0.25) is 0 Å². The molecule has 0 spiro atoms. The van der Waals surface area contributed by atoms with Crippen molar-refractivity contribution >= 4 is 17.3 Å². The third kappa shape index (κ3) is 2.81. The van der Waals surface area contributed by atoms with Crippen molar-refractivity contribution in [3.63, 3.8) is 0 Å². The molecule has 1 saturated heterocycles. The average Bonchev–Trinajstić information content (AvgIpc) is 3.26. The van der Waals surface area contributed by atoms with Crippen LogP contribution in [-0.2, 0) is 11.3 Å². The second kappa shape index (κ2) is 6.09. The van der Waals surface area contributed by atoms with Gasteiger partial charge in [0.25, 0.3) is 0 Å². The second-order valence-electron chi connectivity index (χ2n) is 6.50. The van der Waals surface area contributed by atoms with E-state index in [1.807, 2.05) is 17.5 Å². The van der Waals surface area contributed by atoms with E-state index < -0.39 is 5.97 Å². The minimum Gasteiger partial charge on any atom is -0.480 e. The molecule has 4 rings (SSSR count). The predicted octanol–water partition coefficient (Wildman–Crippen LogP) is 3.62. The van der Waals surface area contributed by atoms with Crippen molar-refractivity contribution in [2.75, 3.05) is 0 Å². The highest BCUT2D eigenvalue weighted by atomic mass is 32.1. The molecule has 0 unspecified atom stereocenters. The number of thiazole rings is 1. The highest BCUT2D eigenvalue weighted by Gasteiger charge is 2.45. The third-order valence-electron chi connectivity index (χ3n) is 5.13. The molecule has 0 aromatic carbocycles. The van der Waals surface area contributed by atoms with Gasteiger partial charge in [0.05, 0.1) is 12.0 Å². The van der Waals surface area contributed by atoms with E-state index in [4.69, 9.17) is 4.42 Å². The highest BCUT2D eigenvalue weighted by molar-refractivity contribution is 7.13. The molecule has 2 fully saturated rings. The first kappa shape index (κ1) is 14.9. The molecule has 6 heteroatoms. The first-order valence-corrected chi connectivity index (χ1v) is 9.07. The van der Waals surface area contributed by atoms with Crippen molar-refractivity contribution < 1.29 is 14.3 Å². The zero-order valence-electron chi connectivity index (χ0n) is 12.9. The van der Waals surface area contributed by atoms with Crippen LogP contribution in [0, 0.1) is 5.92 Å². The average molecular weight is 332 g/mol. The lowest BCUT2D eigenvalue weighted by atomic mass is 9.85. The fourth-order valence-corrected chi connectivity index (χ4v) is 4.88. The number of likely N-dealkylation sites (tertiary alicyclic amines) is 1. The van der Waals surface area contributed by atoms with Crippen molar-refractivity contribution in [1.29, 1.82) is 0 Å². The normalized spacial score (nSPS) is 27.9. The molecule has 0 amide bonds. The van der Waals surface area contributed by atoms with E-state index in [0.29, 0.717) is 18.5 Å². The zero-order valence-corrected chi connectivity index (χ0v) is 13.7. The zero-order chi connectivity index (χ0) is 15.8. The molecule has 2 aromatic heterocycles. The van der Waals surface area contributed by atoms with Crippen molar-refractivity contribution in [2.45, 2.75) is 50.7 Å². The first-order valence-electron chi connectivity index (χ1n) is 8.19. The Morgan fingerprint density at radius 1 is 1.43 bits per heavy atom. The minimum atomic E-state index is -0.694. The number of rotatable bonds is 4. The Morgan fingerprint density at radius 2 is 2.30 bits per heavy atom. The molecule has 23 heavy (non-hydrogen) atoms. The predicted molar refractivity (Wildman–Crippen MR) is 87.1 cm³/mol. The quantitative estimate of drug-likeness (QED) is 0.926. The molecule has 3 heterocycles. The molecular weight excluding hydrogens is 312 g/mol. The Balaban J connectivity index is 1.55. The third-order valence-corrected chi connectivity index (χ3v) is 6.04. The molecule has 5 nitrogen and oxygen atoms in total. The maximum atomic E-state index is 11.7. The van der Waals surface area contributed by atoms with Gasteiger partial charge in [-0.05, 0) is 37.3 Å². The summed E-state index contributed by atoms with van der Waals surface area (Å²) in [6, 6.07) is 3.79. The summed E-state index contributed by atoms with van der Waals surface area (Å²) < 4.78 is 5.39. The van der Waals surface area contributed by atoms with Gasteiger partial charge < -0.3 is 9.52 Å². The molecule has 0 bridgehead atoms. The Hall–Kier alpha value is -1.66. The van der Waals surface area contributed by atoms with E-state index in [1.54, 1.807) is 17.6 Å². The Labute approximate surface area is 138 Å². The summed E-state index contributed by atoms with van der Waals surface area (Å²) in [5, 5.41) is 12.5. The summed E-state index contributed by atoms with van der Waals surface area (Å²) >= 11 is 1.55. The number of carboxylic acid groups (broad SMARTS) is 1. The summed E-state index contributed by atoms with van der Waals surface area (Å²) in [7, 11) is 0. The number of hydrogen-bond acceptors (Lipinski definition) is 5. The van der Waals surface area contributed by atoms with Crippen LogP contribution >= 0.6 is 11.3 Å². The Morgan fingerprint density at radius 3 is 3.09 bits per heavy atom. The van der Waals surface area contributed by atoms with Crippen molar-refractivity contribution in [1.82, 2.24) is 9.88 Å². The van der Waals surface area contributed by atoms with Gasteiger partial charge in [0.1, 0.15) is 6.04 Å². The maximum Gasteiger partial charge on any atom is 0.320 e. The number of carboxylic acids is 1. The summed E-state index contributed by atoms with van der Waals surface area (Å²) in [6.45, 7) is 0.620. The minimum absolute atomic E-state index is 0.364. The molecule has 1 saturated carbocycles. The SMILES string of the molecule is O=C(O)[C@@H]1C[C@@H]2CCCC[C@@H]2N1Cc1csc(-c2ccco2)n1. The van der Waals surface area contributed by atoms with Gasteiger partial charge >= 0.3 is 5.97 Å². The lowest BCUT2D eigenvalue weighted by Crippen LogP contribution is -2.41. The van der Waals surface area contributed by atoms with Crippen LogP contribution in [0.3, 0.4) is 0 Å². The Bertz CT molecular complexity index is 682. The molecule has 0 radical (unpaired) electrons. The van der Waals surface area contributed by atoms with Crippen LogP contribution in [0.1, 0.15) is 37.8 Å². The molecule has 3 atom stereocenters. The van der Waals surface area contributed by atoms with Crippen LogP contribution in [-0.4, -0.2) is 33.0 Å². The van der Waals surface area contributed by atoms with E-state index in [1.165, 1.54) is 19.3 Å². The van der Waals surface area contributed by atoms with E-state index in [0.717, 1.165) is 29.3 Å². The summed E-state index contributed by atoms with van der Waals surface area (Å²) in [5.41, 5.74) is 0.943. The molecule has 1 aliphatic heterocycles. The standard InChI is InChI=1S/C17H20N2O3S/c20-17(21)14-8-11-4-1-2-5-13(11)19(14)9-12-10-23-16(18-12)15-6-3-7-22-15/h3,6-7,10-11,13-14H,1-2,4-5,8-9H2,(H,20,21)/t11-,13-,14-/m0/s1. The van der Waals surface area contributed by atoms with Crippen molar-refractivity contribution in [3.8, 4) is 10.8 Å². The molecule has 1 aliphatic carbocycles. The number of fused-ring (bicyclic) bond motifs is 1. The topological polar surface area (TPSA) is 66.6 Å². The lowest BCUT2D eigenvalue weighted by Gasteiger charge is -2.32. The largest absolute Gasteiger partial charge is 0.480 e. The van der Waals surface area contributed by atoms with E-state index in [2.05, 4.69) is 9.88 Å². The van der Waals surface area contributed by atoms with Gasteiger partial charge in [0, 0.05) is 18.0 Å². The number of hydrogen-bond donors (Lipinski definition) is 1. The van der Waals surface area contributed by atoms with Gasteiger partial charge in [-0.2, -0.15) is 0 Å². The van der Waals surface area contributed by atoms with Gasteiger partial charge in [-0.25, -0.2) is 4.98 Å². The van der Waals surface area contributed by atoms with Crippen molar-refractivity contribution in [3.05, 3.63) is 29.5 Å². The number of nitrogens with zero attached hydrogens (tertiary/aromatic N) is 2. The molecular formula is C17H20N2O3S. The second-order valence-corrected chi connectivity index (χ2v) is 7.35. The fraction of sp³-hybridized carbons (Fsp3) is 0.529. The van der Waals surface area contributed by atoms with Gasteiger partial charge in [0.15, 0.2) is 10.8 Å². The van der Waals surface area contributed by atoms with E-state index in [-0.39, 0.29) is 6.04 Å². The van der Waals surface area contributed by atoms with Crippen LogP contribution < -0.4 is 0 Å². The highest BCUT2D eigenvalue weighted by Crippen LogP contribution is 2.40. The lowest BCUT2D eigenvalue weighted by molar-refractivity contribution is -0.142. The molecule has 2 aromatic rings. The number of aromatic nitrogens is 1. The molecule has 2 aliphatic rings. The van der Waals surface area contributed by atoms with Crippen LogP contribution in [0.2, 0.25) is 0 Å². The number of furan rings is 1. The monoisotopic (exact) mass is 332 g/mol. The van der Waals surface area contributed by atoms with Crippen LogP contribution in [0.15, 0.2) is 28.2 Å². The Kier molecular flexibility index (Phi) is 3.95. The van der Waals surface area contributed by atoms with Crippen LogP contribution in [0.5, 0.6) is 0 Å². The van der Waals surface area contributed by atoms with E-state index >= 15 is 0 Å².